The maximum absolute atomic E-state index is 12.7. The fourth-order valence-electron chi connectivity index (χ4n) is 3.88. The van der Waals surface area contributed by atoms with Crippen LogP contribution in [0.2, 0.25) is 0 Å². The maximum Gasteiger partial charge on any atom is 0.416 e. The summed E-state index contributed by atoms with van der Waals surface area (Å²) in [5, 5.41) is 12.7. The van der Waals surface area contributed by atoms with Crippen LogP contribution >= 0.6 is 0 Å². The van der Waals surface area contributed by atoms with Crippen LogP contribution < -0.4 is 5.32 Å². The average molecular weight is 485 g/mol. The van der Waals surface area contributed by atoms with Gasteiger partial charge in [0, 0.05) is 30.2 Å². The van der Waals surface area contributed by atoms with Crippen molar-refractivity contribution in [2.24, 2.45) is 0 Å². The van der Waals surface area contributed by atoms with Gasteiger partial charge in [-0.15, -0.1) is 0 Å². The van der Waals surface area contributed by atoms with E-state index in [1.54, 1.807) is 53.7 Å². The van der Waals surface area contributed by atoms with E-state index in [0.717, 1.165) is 29.8 Å². The van der Waals surface area contributed by atoms with Gasteiger partial charge in [0.15, 0.2) is 0 Å². The molecular weight excluding hydrogens is 463 g/mol. The van der Waals surface area contributed by atoms with Gasteiger partial charge < -0.3 is 20.1 Å². The molecule has 2 N–H and O–H groups in total. The summed E-state index contributed by atoms with van der Waals surface area (Å²) in [6.45, 7) is -0.153. The molecule has 2 aromatic carbocycles. The molecule has 1 aliphatic heterocycles. The molecular formula is C25H22F3N3O4. The van der Waals surface area contributed by atoms with Crippen LogP contribution in [0.25, 0.3) is 0 Å². The van der Waals surface area contributed by atoms with Crippen LogP contribution in [0.3, 0.4) is 0 Å². The van der Waals surface area contributed by atoms with Crippen molar-refractivity contribution in [3.8, 4) is 0 Å². The molecule has 0 aliphatic carbocycles. The van der Waals surface area contributed by atoms with E-state index < -0.39 is 29.8 Å². The van der Waals surface area contributed by atoms with Gasteiger partial charge in [0.05, 0.1) is 18.2 Å². The van der Waals surface area contributed by atoms with Crippen molar-refractivity contribution in [2.75, 3.05) is 18.5 Å². The largest absolute Gasteiger partial charge is 0.416 e. The first-order valence-corrected chi connectivity index (χ1v) is 10.8. The van der Waals surface area contributed by atoms with Crippen molar-refractivity contribution in [1.82, 2.24) is 9.88 Å². The molecule has 3 aromatic rings. The lowest BCUT2D eigenvalue weighted by Gasteiger charge is -2.40. The Morgan fingerprint density at radius 3 is 2.31 bits per heavy atom. The molecule has 2 amide bonds. The third-order valence-electron chi connectivity index (χ3n) is 5.72. The number of aromatic nitrogens is 1. The predicted molar refractivity (Wildman–Crippen MR) is 120 cm³/mol. The molecule has 182 valence electrons. The fourth-order valence-corrected chi connectivity index (χ4v) is 3.88. The highest BCUT2D eigenvalue weighted by Gasteiger charge is 2.37. The van der Waals surface area contributed by atoms with Gasteiger partial charge in [-0.1, -0.05) is 12.1 Å². The minimum atomic E-state index is -4.48. The van der Waals surface area contributed by atoms with Gasteiger partial charge in [-0.2, -0.15) is 13.2 Å². The Balaban J connectivity index is 1.45. The summed E-state index contributed by atoms with van der Waals surface area (Å²) in [6, 6.07) is 13.6. The minimum Gasteiger partial charge on any atom is -0.394 e. The number of hydrogen-bond acceptors (Lipinski definition) is 5. The second-order valence-electron chi connectivity index (χ2n) is 8.01. The molecule has 7 nitrogen and oxygen atoms in total. The molecule has 0 saturated carbocycles. The van der Waals surface area contributed by atoms with Gasteiger partial charge in [0.25, 0.3) is 5.91 Å². The maximum atomic E-state index is 12.7. The molecule has 0 bridgehead atoms. The molecule has 10 heteroatoms. The normalized spacial score (nSPS) is 18.4. The van der Waals surface area contributed by atoms with Crippen molar-refractivity contribution in [1.29, 1.82) is 0 Å². The second-order valence-corrected chi connectivity index (χ2v) is 8.01. The number of rotatable bonds is 6. The Bertz CT molecular complexity index is 1170. The van der Waals surface area contributed by atoms with E-state index in [9.17, 15) is 27.9 Å². The molecule has 2 heterocycles. The number of aliphatic hydroxyl groups is 1. The van der Waals surface area contributed by atoms with Gasteiger partial charge in [-0.25, -0.2) is 0 Å². The van der Waals surface area contributed by atoms with Crippen LogP contribution in [-0.4, -0.2) is 46.1 Å². The zero-order valence-electron chi connectivity index (χ0n) is 18.4. The van der Waals surface area contributed by atoms with Crippen LogP contribution in [0.1, 0.15) is 33.2 Å². The number of nitrogens with one attached hydrogen (secondary N) is 1. The lowest BCUT2D eigenvalue weighted by atomic mass is 9.98. The molecule has 35 heavy (non-hydrogen) atoms. The number of hydrogen-bond donors (Lipinski definition) is 2. The van der Waals surface area contributed by atoms with Crippen LogP contribution in [-0.2, 0) is 22.3 Å². The lowest BCUT2D eigenvalue weighted by Crippen LogP contribution is -2.52. The zero-order valence-corrected chi connectivity index (χ0v) is 18.4. The topological polar surface area (TPSA) is 91.8 Å². The Kier molecular flexibility index (Phi) is 7.13. The number of pyridine rings is 1. The standard InChI is InChI=1S/C25H22F3N3O4/c26-25(27,28)19-5-1-18(2-6-19)24(34)30-20-7-3-17(4-8-20)23-21(14-32)31(22(33)15-35-23)13-16-9-11-29-12-10-16/h1-12,21,23,32H,13-15H2,(H,30,34)/t21-,23-/m1/s1. The third-order valence-corrected chi connectivity index (χ3v) is 5.72. The minimum absolute atomic E-state index is 0.0864. The predicted octanol–water partition coefficient (Wildman–Crippen LogP) is 3.81. The first-order valence-electron chi connectivity index (χ1n) is 10.8. The van der Waals surface area contributed by atoms with Crippen LogP contribution in [0.5, 0.6) is 0 Å². The van der Waals surface area contributed by atoms with Gasteiger partial charge in [0.2, 0.25) is 5.91 Å². The van der Waals surface area contributed by atoms with Crippen LogP contribution in [0, 0.1) is 0 Å². The Morgan fingerprint density at radius 2 is 1.71 bits per heavy atom. The van der Waals surface area contributed by atoms with Gasteiger partial charge in [-0.3, -0.25) is 14.6 Å². The second kappa shape index (κ2) is 10.2. The summed E-state index contributed by atoms with van der Waals surface area (Å²) >= 11 is 0. The molecule has 0 spiro atoms. The molecule has 4 rings (SSSR count). The van der Waals surface area contributed by atoms with Gasteiger partial charge in [-0.05, 0) is 59.7 Å². The first-order chi connectivity index (χ1) is 16.8. The molecule has 0 unspecified atom stereocenters. The number of alkyl halides is 3. The summed E-state index contributed by atoms with van der Waals surface area (Å²) in [4.78, 5) is 30.5. The molecule has 2 atom stereocenters. The monoisotopic (exact) mass is 485 g/mol. The van der Waals surface area contributed by atoms with Crippen molar-refractivity contribution in [3.05, 3.63) is 95.3 Å². The summed E-state index contributed by atoms with van der Waals surface area (Å²) in [5.74, 6) is -0.791. The van der Waals surface area contributed by atoms with Gasteiger partial charge >= 0.3 is 6.18 Å². The van der Waals surface area contributed by atoms with Crippen molar-refractivity contribution >= 4 is 17.5 Å². The van der Waals surface area contributed by atoms with E-state index in [4.69, 9.17) is 4.74 Å². The third kappa shape index (κ3) is 5.67. The SMILES string of the molecule is O=C(Nc1ccc([C@H]2OCC(=O)N(Cc3ccncc3)[C@@H]2CO)cc1)c1ccc(C(F)(F)F)cc1. The number of anilines is 1. The van der Waals surface area contributed by atoms with Crippen molar-refractivity contribution in [2.45, 2.75) is 24.9 Å². The number of halogens is 3. The average Bonchev–Trinajstić information content (AvgIpc) is 2.86. The number of amides is 2. The van der Waals surface area contributed by atoms with Gasteiger partial charge in [0.1, 0.15) is 12.7 Å². The number of carbonyl (C=O) groups excluding carboxylic acids is 2. The molecule has 1 saturated heterocycles. The fraction of sp³-hybridized carbons (Fsp3) is 0.240. The highest BCUT2D eigenvalue weighted by atomic mass is 19.4. The van der Waals surface area contributed by atoms with Crippen molar-refractivity contribution < 1.29 is 32.6 Å². The number of aliphatic hydroxyl groups excluding tert-OH is 1. The van der Waals surface area contributed by atoms with E-state index in [2.05, 4.69) is 10.3 Å². The number of carbonyl (C=O) groups is 2. The highest BCUT2D eigenvalue weighted by molar-refractivity contribution is 6.04. The molecule has 1 aliphatic rings. The Labute approximate surface area is 199 Å². The van der Waals surface area contributed by atoms with E-state index in [1.807, 2.05) is 0 Å². The number of nitrogens with zero attached hydrogens (tertiary/aromatic N) is 2. The summed E-state index contributed by atoms with van der Waals surface area (Å²) in [6.07, 6.45) is -1.80. The summed E-state index contributed by atoms with van der Waals surface area (Å²) in [5.41, 5.74) is 1.25. The van der Waals surface area contributed by atoms with E-state index in [1.165, 1.54) is 0 Å². The van der Waals surface area contributed by atoms with Crippen molar-refractivity contribution in [3.63, 3.8) is 0 Å². The quantitative estimate of drug-likeness (QED) is 0.554. The number of ether oxygens (including phenoxy) is 1. The highest BCUT2D eigenvalue weighted by Crippen LogP contribution is 2.31. The van der Waals surface area contributed by atoms with E-state index in [0.29, 0.717) is 17.8 Å². The summed E-state index contributed by atoms with van der Waals surface area (Å²) < 4.78 is 43.9. The first kappa shape index (κ1) is 24.4. The molecule has 1 fully saturated rings. The Morgan fingerprint density at radius 1 is 1.06 bits per heavy atom. The Hall–Kier alpha value is -3.76. The van der Waals surface area contributed by atoms with Crippen LogP contribution in [0.15, 0.2) is 73.1 Å². The zero-order chi connectivity index (χ0) is 25.0. The molecule has 0 radical (unpaired) electrons. The lowest BCUT2D eigenvalue weighted by molar-refractivity contribution is -0.162. The summed E-state index contributed by atoms with van der Waals surface area (Å²) in [7, 11) is 0. The van der Waals surface area contributed by atoms with E-state index in [-0.39, 0.29) is 24.7 Å². The smallest absolute Gasteiger partial charge is 0.394 e. The van der Waals surface area contributed by atoms with E-state index >= 15 is 0 Å². The molecule has 1 aromatic heterocycles. The number of morpholine rings is 1. The van der Waals surface area contributed by atoms with Crippen LogP contribution in [0.4, 0.5) is 18.9 Å². The number of benzene rings is 2.